The number of methoxy groups -OCH3 is 1. The largest absolute Gasteiger partial charge is 0.493 e. The topological polar surface area (TPSA) is 50.7 Å². The van der Waals surface area contributed by atoms with Crippen LogP contribution < -0.4 is 14.8 Å². The molecule has 146 valence electrons. The third-order valence-corrected chi connectivity index (χ3v) is 4.60. The van der Waals surface area contributed by atoms with Gasteiger partial charge in [0.1, 0.15) is 6.61 Å². The average Bonchev–Trinajstić information content (AvgIpc) is 2.74. The van der Waals surface area contributed by atoms with Crippen LogP contribution in [0.15, 0.2) is 72.8 Å². The van der Waals surface area contributed by atoms with Gasteiger partial charge in [0.2, 0.25) is 0 Å². The van der Waals surface area contributed by atoms with Gasteiger partial charge in [-0.3, -0.25) is 0 Å². The standard InChI is InChI=1S/C23H24ClNO3/c1-27-22-13-20(24)12-19(23(22)28-16-17-8-4-2-5-9-17)14-25-15-21(26)18-10-6-3-7-11-18/h2-13,21,25-26H,14-16H2,1H3. The number of halogens is 1. The molecule has 1 unspecified atom stereocenters. The molecule has 0 aliphatic carbocycles. The Morgan fingerprint density at radius 2 is 1.68 bits per heavy atom. The van der Waals surface area contributed by atoms with Gasteiger partial charge in [0.15, 0.2) is 11.5 Å². The van der Waals surface area contributed by atoms with E-state index in [1.54, 1.807) is 13.2 Å². The third-order valence-electron chi connectivity index (χ3n) is 4.38. The van der Waals surface area contributed by atoms with Crippen molar-refractivity contribution in [3.8, 4) is 11.5 Å². The van der Waals surface area contributed by atoms with Crippen molar-refractivity contribution in [1.29, 1.82) is 0 Å². The van der Waals surface area contributed by atoms with E-state index in [1.807, 2.05) is 66.7 Å². The van der Waals surface area contributed by atoms with E-state index < -0.39 is 6.10 Å². The van der Waals surface area contributed by atoms with Gasteiger partial charge < -0.3 is 19.9 Å². The predicted octanol–water partition coefficient (Wildman–Crippen LogP) is 4.75. The number of rotatable bonds is 9. The molecule has 4 nitrogen and oxygen atoms in total. The van der Waals surface area contributed by atoms with E-state index in [4.69, 9.17) is 21.1 Å². The number of hydrogen-bond acceptors (Lipinski definition) is 4. The molecule has 0 spiro atoms. The molecule has 5 heteroatoms. The van der Waals surface area contributed by atoms with Crippen LogP contribution in [0.3, 0.4) is 0 Å². The molecule has 0 saturated carbocycles. The molecule has 0 fully saturated rings. The zero-order chi connectivity index (χ0) is 19.8. The van der Waals surface area contributed by atoms with Gasteiger partial charge >= 0.3 is 0 Å². The lowest BCUT2D eigenvalue weighted by Gasteiger charge is -2.17. The predicted molar refractivity (Wildman–Crippen MR) is 112 cm³/mol. The smallest absolute Gasteiger partial charge is 0.166 e. The van der Waals surface area contributed by atoms with Crippen LogP contribution in [0, 0.1) is 0 Å². The normalized spacial score (nSPS) is 11.8. The van der Waals surface area contributed by atoms with E-state index in [-0.39, 0.29) is 0 Å². The molecule has 0 aliphatic rings. The van der Waals surface area contributed by atoms with Gasteiger partial charge in [0.25, 0.3) is 0 Å². The maximum atomic E-state index is 10.3. The van der Waals surface area contributed by atoms with Crippen LogP contribution in [0.25, 0.3) is 0 Å². The summed E-state index contributed by atoms with van der Waals surface area (Å²) in [6, 6.07) is 23.1. The number of nitrogens with one attached hydrogen (secondary N) is 1. The molecule has 2 N–H and O–H groups in total. The van der Waals surface area contributed by atoms with Crippen LogP contribution in [-0.4, -0.2) is 18.8 Å². The highest BCUT2D eigenvalue weighted by Crippen LogP contribution is 2.35. The quantitative estimate of drug-likeness (QED) is 0.547. The minimum atomic E-state index is -0.587. The average molecular weight is 398 g/mol. The number of ether oxygens (including phenoxy) is 2. The fourth-order valence-corrected chi connectivity index (χ4v) is 3.17. The summed E-state index contributed by atoms with van der Waals surface area (Å²) in [6.07, 6.45) is -0.587. The van der Waals surface area contributed by atoms with Crippen LogP contribution in [0.4, 0.5) is 0 Å². The van der Waals surface area contributed by atoms with Crippen molar-refractivity contribution >= 4 is 11.6 Å². The molecule has 0 amide bonds. The second-order valence-electron chi connectivity index (χ2n) is 6.43. The summed E-state index contributed by atoms with van der Waals surface area (Å²) in [6.45, 7) is 1.33. The number of hydrogen-bond donors (Lipinski definition) is 2. The molecule has 0 radical (unpaired) electrons. The number of aliphatic hydroxyl groups is 1. The monoisotopic (exact) mass is 397 g/mol. The molecule has 3 aromatic rings. The molecule has 0 aliphatic heterocycles. The Kier molecular flexibility index (Phi) is 7.31. The van der Waals surface area contributed by atoms with Gasteiger partial charge in [-0.05, 0) is 17.2 Å². The van der Waals surface area contributed by atoms with E-state index in [9.17, 15) is 5.11 Å². The summed E-state index contributed by atoms with van der Waals surface area (Å²) in [7, 11) is 1.59. The molecular formula is C23H24ClNO3. The van der Waals surface area contributed by atoms with Crippen LogP contribution in [-0.2, 0) is 13.2 Å². The summed E-state index contributed by atoms with van der Waals surface area (Å²) in [5.74, 6) is 1.24. The summed E-state index contributed by atoms with van der Waals surface area (Å²) < 4.78 is 11.5. The first-order valence-electron chi connectivity index (χ1n) is 9.14. The molecule has 28 heavy (non-hydrogen) atoms. The second kappa shape index (κ2) is 10.1. The van der Waals surface area contributed by atoms with E-state index in [1.165, 1.54) is 0 Å². The van der Waals surface area contributed by atoms with Crippen molar-refractivity contribution in [3.05, 3.63) is 94.5 Å². The summed E-state index contributed by atoms with van der Waals surface area (Å²) in [5.41, 5.74) is 2.82. The van der Waals surface area contributed by atoms with Crippen LogP contribution in [0.1, 0.15) is 22.8 Å². The van der Waals surface area contributed by atoms with Crippen molar-refractivity contribution in [1.82, 2.24) is 5.32 Å². The Bertz CT molecular complexity index is 872. The second-order valence-corrected chi connectivity index (χ2v) is 6.86. The SMILES string of the molecule is COc1cc(Cl)cc(CNCC(O)c2ccccc2)c1OCc1ccccc1. The molecule has 0 saturated heterocycles. The molecule has 0 aromatic heterocycles. The zero-order valence-electron chi connectivity index (χ0n) is 15.8. The first-order valence-corrected chi connectivity index (χ1v) is 9.52. The van der Waals surface area contributed by atoms with Crippen molar-refractivity contribution in [3.63, 3.8) is 0 Å². The van der Waals surface area contributed by atoms with E-state index in [0.29, 0.717) is 36.2 Å². The van der Waals surface area contributed by atoms with Gasteiger partial charge in [-0.15, -0.1) is 0 Å². The highest BCUT2D eigenvalue weighted by Gasteiger charge is 2.14. The lowest BCUT2D eigenvalue weighted by atomic mass is 10.1. The zero-order valence-corrected chi connectivity index (χ0v) is 16.5. The van der Waals surface area contributed by atoms with Gasteiger partial charge in [0.05, 0.1) is 13.2 Å². The Morgan fingerprint density at radius 3 is 2.36 bits per heavy atom. The molecule has 3 rings (SSSR count). The lowest BCUT2D eigenvalue weighted by molar-refractivity contribution is 0.174. The van der Waals surface area contributed by atoms with Crippen molar-refractivity contribution in [2.75, 3.05) is 13.7 Å². The Balaban J connectivity index is 1.69. The fourth-order valence-electron chi connectivity index (χ4n) is 2.94. The highest BCUT2D eigenvalue weighted by molar-refractivity contribution is 6.30. The molecule has 0 bridgehead atoms. The minimum absolute atomic E-state index is 0.414. The minimum Gasteiger partial charge on any atom is -0.493 e. The molecule has 0 heterocycles. The number of aliphatic hydroxyl groups excluding tert-OH is 1. The van der Waals surface area contributed by atoms with E-state index in [2.05, 4.69) is 5.32 Å². The van der Waals surface area contributed by atoms with Gasteiger partial charge in [-0.1, -0.05) is 72.3 Å². The van der Waals surface area contributed by atoms with Crippen LogP contribution in [0.5, 0.6) is 11.5 Å². The highest BCUT2D eigenvalue weighted by atomic mass is 35.5. The van der Waals surface area contributed by atoms with E-state index >= 15 is 0 Å². The third kappa shape index (κ3) is 5.49. The van der Waals surface area contributed by atoms with Crippen molar-refractivity contribution < 1.29 is 14.6 Å². The summed E-state index contributed by atoms with van der Waals surface area (Å²) in [4.78, 5) is 0. The Morgan fingerprint density at radius 1 is 1.00 bits per heavy atom. The molecule has 3 aromatic carbocycles. The van der Waals surface area contributed by atoms with Crippen molar-refractivity contribution in [2.24, 2.45) is 0 Å². The fraction of sp³-hybridized carbons (Fsp3) is 0.217. The van der Waals surface area contributed by atoms with Gasteiger partial charge in [0, 0.05) is 29.7 Å². The van der Waals surface area contributed by atoms with Gasteiger partial charge in [-0.2, -0.15) is 0 Å². The van der Waals surface area contributed by atoms with Crippen molar-refractivity contribution in [2.45, 2.75) is 19.3 Å². The molecule has 1 atom stereocenters. The van der Waals surface area contributed by atoms with Crippen LogP contribution in [0.2, 0.25) is 5.02 Å². The van der Waals surface area contributed by atoms with Crippen LogP contribution >= 0.6 is 11.6 Å². The summed E-state index contributed by atoms with van der Waals surface area (Å²) >= 11 is 6.24. The first-order chi connectivity index (χ1) is 13.7. The molecular weight excluding hydrogens is 374 g/mol. The maximum Gasteiger partial charge on any atom is 0.166 e. The summed E-state index contributed by atoms with van der Waals surface area (Å²) in [5, 5.41) is 14.2. The van der Waals surface area contributed by atoms with E-state index in [0.717, 1.165) is 16.7 Å². The Hall–Kier alpha value is -2.53. The Labute approximate surface area is 170 Å². The van der Waals surface area contributed by atoms with Gasteiger partial charge in [-0.25, -0.2) is 0 Å². The first kappa shape index (κ1) is 20.2. The lowest BCUT2D eigenvalue weighted by Crippen LogP contribution is -2.21. The number of benzene rings is 3. The maximum absolute atomic E-state index is 10.3.